The maximum Gasteiger partial charge on any atom is 0.0558 e. The fourth-order valence-electron chi connectivity index (χ4n) is 1.11. The van der Waals surface area contributed by atoms with Crippen LogP contribution in [0.25, 0.3) is 0 Å². The van der Waals surface area contributed by atoms with E-state index in [1.54, 1.807) is 0 Å². The number of aliphatic hydroxyl groups excluding tert-OH is 1. The van der Waals surface area contributed by atoms with Gasteiger partial charge in [0.25, 0.3) is 0 Å². The van der Waals surface area contributed by atoms with E-state index in [-0.39, 0.29) is 44.1 Å². The van der Waals surface area contributed by atoms with Crippen molar-refractivity contribution in [3.63, 3.8) is 0 Å². The van der Waals surface area contributed by atoms with E-state index in [0.29, 0.717) is 6.61 Å². The molecule has 1 N–H and O–H groups in total. The van der Waals surface area contributed by atoms with Crippen LogP contribution in [0.5, 0.6) is 0 Å². The molecule has 0 amide bonds. The average Bonchev–Trinajstić information content (AvgIpc) is 1.90. The average molecular weight is 372 g/mol. The summed E-state index contributed by atoms with van der Waals surface area (Å²) in [7, 11) is 0. The summed E-state index contributed by atoms with van der Waals surface area (Å²) in [6, 6.07) is 0. The van der Waals surface area contributed by atoms with Crippen LogP contribution in [0.2, 0.25) is 0 Å². The van der Waals surface area contributed by atoms with E-state index in [2.05, 4.69) is 18.7 Å². The second-order valence-corrected chi connectivity index (χ2v) is 2.57. The van der Waals surface area contributed by atoms with Crippen molar-refractivity contribution in [1.82, 2.24) is 4.90 Å². The molecular weight excluding hydrogens is 353 g/mol. The molecule has 0 aliphatic rings. The second kappa shape index (κ2) is 11.4. The third kappa shape index (κ3) is 9.27. The molecule has 11 heavy (non-hydrogen) atoms. The summed E-state index contributed by atoms with van der Waals surface area (Å²) in [5.41, 5.74) is 0. The first-order valence-electron chi connectivity index (χ1n) is 4.18. The smallest absolute Gasteiger partial charge is 0.0558 e. The van der Waals surface area contributed by atoms with E-state index in [9.17, 15) is 0 Å². The Hall–Kier alpha value is 1.36. The molecule has 0 aromatic rings. The van der Waals surface area contributed by atoms with Crippen LogP contribution in [0.1, 0.15) is 26.7 Å². The van der Waals surface area contributed by atoms with Gasteiger partial charge >= 0.3 is 0 Å². The van der Waals surface area contributed by atoms with Crippen LogP contribution in [0.4, 0.5) is 0 Å². The van der Waals surface area contributed by atoms with Gasteiger partial charge in [-0.1, -0.05) is 13.8 Å². The van der Waals surface area contributed by atoms with Gasteiger partial charge in [0.15, 0.2) is 0 Å². The number of nitrogens with zero attached hydrogens (tertiary/aromatic N) is 1. The molecule has 2 nitrogen and oxygen atoms in total. The molecule has 65 valence electrons. The maximum atomic E-state index is 8.65. The summed E-state index contributed by atoms with van der Waals surface area (Å²) in [6.07, 6.45) is 2.36. The summed E-state index contributed by atoms with van der Waals surface area (Å²) < 4.78 is 0. The molecule has 0 aromatic heterocycles. The standard InChI is InChI=1S/C8H19NO.Ac/c1-3-5-9(6-4-2)7-8-10;/h10H,3-8H2,1-2H3;. The zero-order valence-corrected chi connectivity index (χ0v) is 12.5. The van der Waals surface area contributed by atoms with Gasteiger partial charge in [-0.3, -0.25) is 0 Å². The van der Waals surface area contributed by atoms with Crippen molar-refractivity contribution in [1.29, 1.82) is 0 Å². The molecule has 0 heterocycles. The van der Waals surface area contributed by atoms with Crippen molar-refractivity contribution < 1.29 is 49.2 Å². The van der Waals surface area contributed by atoms with E-state index >= 15 is 0 Å². The Kier molecular flexibility index (Phi) is 15.4. The van der Waals surface area contributed by atoms with Gasteiger partial charge in [-0.2, -0.15) is 0 Å². The largest absolute Gasteiger partial charge is 0.395 e. The van der Waals surface area contributed by atoms with Crippen molar-refractivity contribution in [3.8, 4) is 0 Å². The minimum absolute atomic E-state index is 0. The van der Waals surface area contributed by atoms with Crippen LogP contribution < -0.4 is 0 Å². The molecule has 0 saturated heterocycles. The molecule has 0 bridgehead atoms. The van der Waals surface area contributed by atoms with Crippen molar-refractivity contribution in [3.05, 3.63) is 0 Å². The van der Waals surface area contributed by atoms with Crippen LogP contribution in [-0.2, 0) is 0 Å². The molecule has 1 radical (unpaired) electrons. The van der Waals surface area contributed by atoms with Gasteiger partial charge in [-0.15, -0.1) is 0 Å². The zero-order chi connectivity index (χ0) is 7.82. The summed E-state index contributed by atoms with van der Waals surface area (Å²) in [6.45, 7) is 7.70. The summed E-state index contributed by atoms with van der Waals surface area (Å²) in [5.74, 6) is 0. The molecule has 0 aliphatic carbocycles. The number of rotatable bonds is 6. The molecule has 3 heteroatoms. The minimum Gasteiger partial charge on any atom is -0.395 e. The fraction of sp³-hybridized carbons (Fsp3) is 1.00. The Morgan fingerprint density at radius 1 is 1.00 bits per heavy atom. The van der Waals surface area contributed by atoms with Gasteiger partial charge in [0.1, 0.15) is 0 Å². The normalized spacial score (nSPS) is 9.82. The monoisotopic (exact) mass is 372 g/mol. The second-order valence-electron chi connectivity index (χ2n) is 2.57. The van der Waals surface area contributed by atoms with Crippen molar-refractivity contribution >= 4 is 0 Å². The van der Waals surface area contributed by atoms with Gasteiger partial charge in [-0.25, -0.2) is 0 Å². The van der Waals surface area contributed by atoms with Gasteiger partial charge in [0, 0.05) is 50.6 Å². The first-order chi connectivity index (χ1) is 4.85. The van der Waals surface area contributed by atoms with Crippen LogP contribution in [0.15, 0.2) is 0 Å². The van der Waals surface area contributed by atoms with Crippen molar-refractivity contribution in [2.75, 3.05) is 26.2 Å². The summed E-state index contributed by atoms with van der Waals surface area (Å²) >= 11 is 0. The maximum absolute atomic E-state index is 8.65. The molecular formula is C8H19AcNO. The number of hydrogen-bond donors (Lipinski definition) is 1. The van der Waals surface area contributed by atoms with Gasteiger partial charge in [-0.05, 0) is 25.9 Å². The Morgan fingerprint density at radius 2 is 1.45 bits per heavy atom. The first kappa shape index (κ1) is 14.9. The van der Waals surface area contributed by atoms with E-state index in [1.165, 1.54) is 12.8 Å². The van der Waals surface area contributed by atoms with Crippen LogP contribution >= 0.6 is 0 Å². The predicted octanol–water partition coefficient (Wildman–Crippen LogP) is 1.10. The third-order valence-corrected chi connectivity index (χ3v) is 1.50. The molecule has 0 rings (SSSR count). The zero-order valence-electron chi connectivity index (χ0n) is 7.71. The SMILES string of the molecule is CCCN(CCC)CCO.[Ac]. The Morgan fingerprint density at radius 3 is 1.73 bits per heavy atom. The van der Waals surface area contributed by atoms with Gasteiger partial charge in [0.2, 0.25) is 0 Å². The fourth-order valence-corrected chi connectivity index (χ4v) is 1.11. The van der Waals surface area contributed by atoms with Crippen LogP contribution in [0, 0.1) is 44.1 Å². The first-order valence-corrected chi connectivity index (χ1v) is 4.18. The van der Waals surface area contributed by atoms with Gasteiger partial charge < -0.3 is 10.0 Å². The number of aliphatic hydroxyl groups is 1. The number of hydrogen-bond acceptors (Lipinski definition) is 2. The minimum atomic E-state index is 0. The predicted molar refractivity (Wildman–Crippen MR) is 44.1 cm³/mol. The topological polar surface area (TPSA) is 23.5 Å². The quantitative estimate of drug-likeness (QED) is 0.755. The Balaban J connectivity index is 0. The van der Waals surface area contributed by atoms with E-state index in [4.69, 9.17) is 5.11 Å². The van der Waals surface area contributed by atoms with Crippen LogP contribution in [-0.4, -0.2) is 36.2 Å². The summed E-state index contributed by atoms with van der Waals surface area (Å²) in [4.78, 5) is 2.29. The van der Waals surface area contributed by atoms with E-state index in [1.807, 2.05) is 0 Å². The van der Waals surface area contributed by atoms with Crippen LogP contribution in [0.3, 0.4) is 0 Å². The molecule has 0 fully saturated rings. The molecule has 0 atom stereocenters. The van der Waals surface area contributed by atoms with Crippen molar-refractivity contribution in [2.24, 2.45) is 0 Å². The van der Waals surface area contributed by atoms with Crippen molar-refractivity contribution in [2.45, 2.75) is 26.7 Å². The Labute approximate surface area is 106 Å². The summed E-state index contributed by atoms with van der Waals surface area (Å²) in [5, 5.41) is 8.65. The molecule has 0 aromatic carbocycles. The molecule has 0 aliphatic heterocycles. The molecule has 0 unspecified atom stereocenters. The molecule has 0 spiro atoms. The third-order valence-electron chi connectivity index (χ3n) is 1.50. The Bertz CT molecular complexity index is 56.8. The molecule has 0 saturated carbocycles. The van der Waals surface area contributed by atoms with E-state index < -0.39 is 0 Å². The van der Waals surface area contributed by atoms with Gasteiger partial charge in [0.05, 0.1) is 6.61 Å². The van der Waals surface area contributed by atoms with E-state index in [0.717, 1.165) is 19.6 Å².